The maximum Gasteiger partial charge on any atom is 0.407 e. The molecule has 1 aliphatic rings. The highest BCUT2D eigenvalue weighted by atomic mass is 16.6. The van der Waals surface area contributed by atoms with Gasteiger partial charge in [-0.2, -0.15) is 0 Å². The predicted octanol–water partition coefficient (Wildman–Crippen LogP) is 5.13. The molecular formula is C28H32N2O6. The Morgan fingerprint density at radius 1 is 1.00 bits per heavy atom. The molecule has 1 fully saturated rings. The summed E-state index contributed by atoms with van der Waals surface area (Å²) in [6.45, 7) is 5.37. The van der Waals surface area contributed by atoms with Crippen molar-refractivity contribution in [3.05, 3.63) is 54.6 Å². The van der Waals surface area contributed by atoms with Crippen LogP contribution in [-0.4, -0.2) is 49.0 Å². The van der Waals surface area contributed by atoms with Crippen molar-refractivity contribution >= 4 is 23.0 Å². The number of esters is 1. The quantitative estimate of drug-likeness (QED) is 0.476. The Labute approximate surface area is 210 Å². The molecule has 8 heteroatoms. The first-order valence-electron chi connectivity index (χ1n) is 11.9. The minimum absolute atomic E-state index is 0.328. The zero-order chi connectivity index (χ0) is 25.9. The second-order valence-electron chi connectivity index (χ2n) is 9.85. The normalized spacial score (nSPS) is 19.5. The molecule has 3 unspecified atom stereocenters. The van der Waals surface area contributed by atoms with Gasteiger partial charge in [0.25, 0.3) is 0 Å². The van der Waals surface area contributed by atoms with E-state index in [-0.39, 0.29) is 6.10 Å². The van der Waals surface area contributed by atoms with E-state index in [1.54, 1.807) is 27.9 Å². The third-order valence-corrected chi connectivity index (χ3v) is 6.07. The summed E-state index contributed by atoms with van der Waals surface area (Å²) in [5.41, 5.74) is 1.80. The molecule has 1 amide bonds. The highest BCUT2D eigenvalue weighted by molar-refractivity contribution is 5.89. The molecular weight excluding hydrogens is 460 g/mol. The Hall–Kier alpha value is -3.81. The molecule has 1 heterocycles. The van der Waals surface area contributed by atoms with E-state index in [1.165, 1.54) is 7.11 Å². The first-order chi connectivity index (χ1) is 17.2. The molecule has 36 heavy (non-hydrogen) atoms. The Balaban J connectivity index is 1.63. The van der Waals surface area contributed by atoms with Gasteiger partial charge in [-0.1, -0.05) is 30.3 Å². The van der Waals surface area contributed by atoms with E-state index in [0.717, 1.165) is 22.2 Å². The summed E-state index contributed by atoms with van der Waals surface area (Å²) in [6, 6.07) is 16.9. The first-order valence-corrected chi connectivity index (χ1v) is 11.9. The van der Waals surface area contributed by atoms with Crippen molar-refractivity contribution in [2.75, 3.05) is 14.2 Å². The van der Waals surface area contributed by atoms with Crippen molar-refractivity contribution < 1.29 is 28.5 Å². The van der Waals surface area contributed by atoms with Crippen molar-refractivity contribution in [3.8, 4) is 22.8 Å². The van der Waals surface area contributed by atoms with Gasteiger partial charge < -0.3 is 24.3 Å². The minimum atomic E-state index is -0.649. The number of methoxy groups -OCH3 is 2. The molecule has 0 aliphatic heterocycles. The number of hydrogen-bond donors (Lipinski definition) is 1. The van der Waals surface area contributed by atoms with E-state index in [1.807, 2.05) is 54.6 Å². The highest BCUT2D eigenvalue weighted by Crippen LogP contribution is 2.36. The summed E-state index contributed by atoms with van der Waals surface area (Å²) in [6.07, 6.45) is -0.0757. The van der Waals surface area contributed by atoms with Gasteiger partial charge in [0.1, 0.15) is 23.2 Å². The lowest BCUT2D eigenvalue weighted by molar-refractivity contribution is -0.146. The zero-order valence-electron chi connectivity index (χ0n) is 21.2. The number of rotatable bonds is 6. The standard InChI is InChI=1S/C28H32N2O6/c1-28(2,3)36-27(32)30-24-15-19(13-21(24)26(31)34-5)35-25-16-22(17-9-7-6-8-10-17)29-23-14-18(33-4)11-12-20(23)25/h6-12,14,16,19,21,24H,13,15H2,1-5H3,(H,30,32). The average Bonchev–Trinajstić information content (AvgIpc) is 3.24. The Morgan fingerprint density at radius 3 is 2.42 bits per heavy atom. The average molecular weight is 493 g/mol. The number of nitrogens with one attached hydrogen (secondary N) is 1. The first kappa shape index (κ1) is 25.3. The van der Waals surface area contributed by atoms with Crippen LogP contribution in [0.2, 0.25) is 0 Å². The van der Waals surface area contributed by atoms with Crippen LogP contribution in [0.25, 0.3) is 22.2 Å². The maximum absolute atomic E-state index is 12.5. The van der Waals surface area contributed by atoms with E-state index < -0.39 is 29.6 Å². The predicted molar refractivity (Wildman–Crippen MR) is 136 cm³/mol. The molecule has 3 aromatic rings. The Bertz CT molecular complexity index is 1240. The lowest BCUT2D eigenvalue weighted by Gasteiger charge is -2.23. The van der Waals surface area contributed by atoms with Gasteiger partial charge in [-0.15, -0.1) is 0 Å². The Kier molecular flexibility index (Phi) is 7.33. The number of nitrogens with zero attached hydrogens (tertiary/aromatic N) is 1. The molecule has 1 N–H and O–H groups in total. The van der Waals surface area contributed by atoms with Crippen LogP contribution in [-0.2, 0) is 14.3 Å². The number of benzene rings is 2. The number of ether oxygens (including phenoxy) is 4. The summed E-state index contributed by atoms with van der Waals surface area (Å²) in [7, 11) is 2.96. The third-order valence-electron chi connectivity index (χ3n) is 6.07. The number of carbonyl (C=O) groups excluding carboxylic acids is 2. The van der Waals surface area contributed by atoms with Crippen LogP contribution in [0.3, 0.4) is 0 Å². The monoisotopic (exact) mass is 492 g/mol. The van der Waals surface area contributed by atoms with Crippen molar-refractivity contribution in [3.63, 3.8) is 0 Å². The second kappa shape index (κ2) is 10.4. The summed E-state index contributed by atoms with van der Waals surface area (Å²) >= 11 is 0. The minimum Gasteiger partial charge on any atom is -0.497 e. The van der Waals surface area contributed by atoms with Crippen LogP contribution in [0.1, 0.15) is 33.6 Å². The van der Waals surface area contributed by atoms with Crippen LogP contribution in [0.5, 0.6) is 11.5 Å². The maximum atomic E-state index is 12.5. The SMILES string of the molecule is COC(=O)C1CC(Oc2cc(-c3ccccc3)nc3cc(OC)ccc23)CC1NC(=O)OC(C)(C)C. The largest absolute Gasteiger partial charge is 0.497 e. The van der Waals surface area contributed by atoms with Gasteiger partial charge in [-0.3, -0.25) is 4.79 Å². The van der Waals surface area contributed by atoms with E-state index in [2.05, 4.69) is 5.32 Å². The molecule has 2 aromatic carbocycles. The van der Waals surface area contributed by atoms with Crippen LogP contribution in [0.15, 0.2) is 54.6 Å². The van der Waals surface area contributed by atoms with E-state index in [9.17, 15) is 9.59 Å². The topological polar surface area (TPSA) is 96.0 Å². The van der Waals surface area contributed by atoms with Crippen LogP contribution in [0.4, 0.5) is 4.79 Å². The number of aromatic nitrogens is 1. The molecule has 1 saturated carbocycles. The van der Waals surface area contributed by atoms with Crippen LogP contribution in [0, 0.1) is 5.92 Å². The lowest BCUT2D eigenvalue weighted by atomic mass is 10.0. The summed E-state index contributed by atoms with van der Waals surface area (Å²) in [5, 5.41) is 3.66. The molecule has 0 saturated heterocycles. The number of amides is 1. The Morgan fingerprint density at radius 2 is 1.75 bits per heavy atom. The number of hydrogen-bond acceptors (Lipinski definition) is 7. The molecule has 8 nitrogen and oxygen atoms in total. The van der Waals surface area contributed by atoms with Gasteiger partial charge >= 0.3 is 12.1 Å². The third kappa shape index (κ3) is 5.87. The van der Waals surface area contributed by atoms with Crippen LogP contribution >= 0.6 is 0 Å². The van der Waals surface area contributed by atoms with Crippen molar-refractivity contribution in [1.82, 2.24) is 10.3 Å². The highest BCUT2D eigenvalue weighted by Gasteiger charge is 2.42. The number of fused-ring (bicyclic) bond motifs is 1. The van der Waals surface area contributed by atoms with Crippen molar-refractivity contribution in [1.29, 1.82) is 0 Å². The fraction of sp³-hybridized carbons (Fsp3) is 0.393. The van der Waals surface area contributed by atoms with Gasteiger partial charge in [-0.25, -0.2) is 9.78 Å². The molecule has 0 bridgehead atoms. The summed E-state index contributed by atoms with van der Waals surface area (Å²) in [4.78, 5) is 29.8. The van der Waals surface area contributed by atoms with Gasteiger partial charge in [-0.05, 0) is 39.3 Å². The van der Waals surface area contributed by atoms with Crippen molar-refractivity contribution in [2.45, 2.75) is 51.4 Å². The van der Waals surface area contributed by atoms with Crippen molar-refractivity contribution in [2.24, 2.45) is 5.92 Å². The molecule has 4 rings (SSSR count). The van der Waals surface area contributed by atoms with Crippen LogP contribution < -0.4 is 14.8 Å². The molecule has 1 aromatic heterocycles. The molecule has 1 aliphatic carbocycles. The lowest BCUT2D eigenvalue weighted by Crippen LogP contribution is -2.43. The number of carbonyl (C=O) groups is 2. The van der Waals surface area contributed by atoms with Gasteiger partial charge in [0, 0.05) is 35.5 Å². The molecule has 190 valence electrons. The molecule has 0 radical (unpaired) electrons. The van der Waals surface area contributed by atoms with E-state index >= 15 is 0 Å². The smallest absolute Gasteiger partial charge is 0.407 e. The second-order valence-corrected chi connectivity index (χ2v) is 9.85. The summed E-state index contributed by atoms with van der Waals surface area (Å²) in [5.74, 6) is 0.401. The van der Waals surface area contributed by atoms with Gasteiger partial charge in [0.15, 0.2) is 0 Å². The summed E-state index contributed by atoms with van der Waals surface area (Å²) < 4.78 is 22.3. The van der Waals surface area contributed by atoms with Gasteiger partial charge in [0.05, 0.1) is 31.3 Å². The van der Waals surface area contributed by atoms with E-state index in [0.29, 0.717) is 24.3 Å². The van der Waals surface area contributed by atoms with E-state index in [4.69, 9.17) is 23.9 Å². The fourth-order valence-electron chi connectivity index (χ4n) is 4.45. The van der Waals surface area contributed by atoms with Gasteiger partial charge in [0.2, 0.25) is 0 Å². The number of pyridine rings is 1. The molecule has 0 spiro atoms. The zero-order valence-corrected chi connectivity index (χ0v) is 21.2. The number of alkyl carbamates (subject to hydrolysis) is 1. The molecule has 3 atom stereocenters. The fourth-order valence-corrected chi connectivity index (χ4v) is 4.45.